The Bertz CT molecular complexity index is 174. The molecule has 1 saturated carbocycles. The first kappa shape index (κ1) is 10.8. The van der Waals surface area contributed by atoms with Crippen LogP contribution in [0.25, 0.3) is 0 Å². The molecule has 0 radical (unpaired) electrons. The molecule has 0 saturated heterocycles. The molecule has 1 nitrogen and oxygen atoms in total. The standard InChI is InChI=1S/C12H22O/c1-4-6-8-11-10-12(11,13-3)9-7-5-2/h6,8,11H,4-5,7,9-10H2,1-3H3/b8-6+/t11-,12+/m0/s1. The molecule has 1 aliphatic rings. The van der Waals surface area contributed by atoms with Gasteiger partial charge >= 0.3 is 0 Å². The first-order valence-electron chi connectivity index (χ1n) is 5.51. The molecule has 1 rings (SSSR count). The summed E-state index contributed by atoms with van der Waals surface area (Å²) < 4.78 is 5.61. The van der Waals surface area contributed by atoms with Gasteiger partial charge in [-0.3, -0.25) is 0 Å². The lowest BCUT2D eigenvalue weighted by atomic mass is 10.1. The number of rotatable bonds is 6. The highest BCUT2D eigenvalue weighted by atomic mass is 16.5. The summed E-state index contributed by atoms with van der Waals surface area (Å²) in [6.45, 7) is 4.42. The van der Waals surface area contributed by atoms with Crippen molar-refractivity contribution in [2.24, 2.45) is 5.92 Å². The van der Waals surface area contributed by atoms with Crippen LogP contribution in [0.5, 0.6) is 0 Å². The average molecular weight is 182 g/mol. The Morgan fingerprint density at radius 1 is 1.46 bits per heavy atom. The molecule has 13 heavy (non-hydrogen) atoms. The van der Waals surface area contributed by atoms with Gasteiger partial charge in [-0.25, -0.2) is 0 Å². The molecule has 0 aromatic heterocycles. The van der Waals surface area contributed by atoms with Crippen LogP contribution in [0.3, 0.4) is 0 Å². The summed E-state index contributed by atoms with van der Waals surface area (Å²) in [6.07, 6.45) is 10.8. The van der Waals surface area contributed by atoms with Gasteiger partial charge in [0.05, 0.1) is 5.60 Å². The molecule has 0 spiro atoms. The molecule has 76 valence electrons. The molecule has 1 heteroatoms. The third-order valence-electron chi connectivity index (χ3n) is 3.05. The van der Waals surface area contributed by atoms with Gasteiger partial charge in [0.1, 0.15) is 0 Å². The minimum absolute atomic E-state index is 0.224. The highest BCUT2D eigenvalue weighted by molar-refractivity contribution is 5.14. The number of unbranched alkanes of at least 4 members (excludes halogenated alkanes) is 1. The van der Waals surface area contributed by atoms with E-state index in [-0.39, 0.29) is 5.60 Å². The molecule has 1 fully saturated rings. The van der Waals surface area contributed by atoms with Crippen molar-refractivity contribution >= 4 is 0 Å². The number of allylic oxidation sites excluding steroid dienone is 1. The first-order valence-corrected chi connectivity index (χ1v) is 5.51. The maximum absolute atomic E-state index is 5.61. The van der Waals surface area contributed by atoms with Crippen LogP contribution in [-0.4, -0.2) is 12.7 Å². The molecular formula is C12H22O. The highest BCUT2D eigenvalue weighted by Gasteiger charge is 2.52. The molecule has 0 aromatic rings. The topological polar surface area (TPSA) is 9.23 Å². The van der Waals surface area contributed by atoms with Gasteiger partial charge in [0.2, 0.25) is 0 Å². The predicted octanol–water partition coefficient (Wildman–Crippen LogP) is 3.55. The van der Waals surface area contributed by atoms with E-state index in [9.17, 15) is 0 Å². The maximum Gasteiger partial charge on any atom is 0.0748 e. The summed E-state index contributed by atoms with van der Waals surface area (Å²) in [5.41, 5.74) is 0.224. The van der Waals surface area contributed by atoms with E-state index in [1.165, 1.54) is 25.7 Å². The molecule has 1 aliphatic carbocycles. The monoisotopic (exact) mass is 182 g/mol. The van der Waals surface area contributed by atoms with Crippen molar-refractivity contribution in [3.05, 3.63) is 12.2 Å². The Labute approximate surface area is 82.2 Å². The molecule has 0 aromatic carbocycles. The molecule has 0 heterocycles. The van der Waals surface area contributed by atoms with Crippen LogP contribution in [-0.2, 0) is 4.74 Å². The zero-order valence-corrected chi connectivity index (χ0v) is 9.18. The van der Waals surface area contributed by atoms with Gasteiger partial charge in [0.15, 0.2) is 0 Å². The molecule has 0 aliphatic heterocycles. The van der Waals surface area contributed by atoms with Crippen molar-refractivity contribution in [2.45, 2.75) is 51.6 Å². The number of methoxy groups -OCH3 is 1. The molecule has 2 atom stereocenters. The lowest BCUT2D eigenvalue weighted by molar-refractivity contribution is 0.0617. The van der Waals surface area contributed by atoms with E-state index < -0.39 is 0 Å². The second kappa shape index (κ2) is 4.80. The molecule has 0 amide bonds. The van der Waals surface area contributed by atoms with E-state index in [1.54, 1.807) is 0 Å². The molecule has 0 bridgehead atoms. The Morgan fingerprint density at radius 3 is 2.77 bits per heavy atom. The smallest absolute Gasteiger partial charge is 0.0748 e. The summed E-state index contributed by atoms with van der Waals surface area (Å²) in [5.74, 6) is 0.698. The maximum atomic E-state index is 5.61. The summed E-state index contributed by atoms with van der Waals surface area (Å²) in [4.78, 5) is 0. The predicted molar refractivity (Wildman–Crippen MR) is 56.8 cm³/mol. The average Bonchev–Trinajstić information content (AvgIpc) is 2.86. The van der Waals surface area contributed by atoms with Crippen LogP contribution in [0.15, 0.2) is 12.2 Å². The minimum atomic E-state index is 0.224. The third kappa shape index (κ3) is 2.57. The second-order valence-corrected chi connectivity index (χ2v) is 4.02. The first-order chi connectivity index (χ1) is 6.29. The quantitative estimate of drug-likeness (QED) is 0.571. The van der Waals surface area contributed by atoms with Gasteiger partial charge in [0.25, 0.3) is 0 Å². The van der Waals surface area contributed by atoms with E-state index in [1.807, 2.05) is 7.11 Å². The van der Waals surface area contributed by atoms with Gasteiger partial charge in [-0.2, -0.15) is 0 Å². The second-order valence-electron chi connectivity index (χ2n) is 4.02. The van der Waals surface area contributed by atoms with E-state index in [0.717, 1.165) is 6.42 Å². The Hall–Kier alpha value is -0.300. The van der Waals surface area contributed by atoms with Gasteiger partial charge in [-0.05, 0) is 19.3 Å². The Balaban J connectivity index is 2.34. The SMILES string of the molecule is CC/C=C/[C@H]1C[C@@]1(CCCC)OC. The lowest BCUT2D eigenvalue weighted by Crippen LogP contribution is -2.14. The van der Waals surface area contributed by atoms with Gasteiger partial charge in [-0.15, -0.1) is 0 Å². The van der Waals surface area contributed by atoms with Gasteiger partial charge in [-0.1, -0.05) is 38.8 Å². The largest absolute Gasteiger partial charge is 0.378 e. The van der Waals surface area contributed by atoms with Crippen molar-refractivity contribution in [3.63, 3.8) is 0 Å². The van der Waals surface area contributed by atoms with Crippen LogP contribution in [0, 0.1) is 5.92 Å². The van der Waals surface area contributed by atoms with Crippen LogP contribution in [0.4, 0.5) is 0 Å². The Morgan fingerprint density at radius 2 is 2.23 bits per heavy atom. The third-order valence-corrected chi connectivity index (χ3v) is 3.05. The zero-order chi connectivity index (χ0) is 9.73. The number of hydrogen-bond acceptors (Lipinski definition) is 1. The molecular weight excluding hydrogens is 160 g/mol. The fraction of sp³-hybridized carbons (Fsp3) is 0.833. The van der Waals surface area contributed by atoms with Crippen LogP contribution in [0.1, 0.15) is 46.0 Å². The fourth-order valence-corrected chi connectivity index (χ4v) is 1.96. The van der Waals surface area contributed by atoms with E-state index in [0.29, 0.717) is 5.92 Å². The molecule has 0 unspecified atom stereocenters. The summed E-state index contributed by atoms with van der Waals surface area (Å²) in [7, 11) is 1.86. The lowest BCUT2D eigenvalue weighted by Gasteiger charge is -2.13. The van der Waals surface area contributed by atoms with Crippen molar-refractivity contribution in [2.75, 3.05) is 7.11 Å². The van der Waals surface area contributed by atoms with Crippen molar-refractivity contribution in [3.8, 4) is 0 Å². The van der Waals surface area contributed by atoms with Crippen LogP contribution >= 0.6 is 0 Å². The number of hydrogen-bond donors (Lipinski definition) is 0. The summed E-state index contributed by atoms with van der Waals surface area (Å²) in [5, 5.41) is 0. The fourth-order valence-electron chi connectivity index (χ4n) is 1.96. The van der Waals surface area contributed by atoms with E-state index >= 15 is 0 Å². The number of ether oxygens (including phenoxy) is 1. The van der Waals surface area contributed by atoms with Crippen LogP contribution < -0.4 is 0 Å². The van der Waals surface area contributed by atoms with E-state index in [2.05, 4.69) is 26.0 Å². The zero-order valence-electron chi connectivity index (χ0n) is 9.18. The van der Waals surface area contributed by atoms with Crippen molar-refractivity contribution in [1.29, 1.82) is 0 Å². The van der Waals surface area contributed by atoms with Gasteiger partial charge < -0.3 is 4.74 Å². The normalized spacial score (nSPS) is 32.7. The minimum Gasteiger partial charge on any atom is -0.378 e. The van der Waals surface area contributed by atoms with Crippen LogP contribution in [0.2, 0.25) is 0 Å². The molecule has 0 N–H and O–H groups in total. The van der Waals surface area contributed by atoms with Gasteiger partial charge in [0, 0.05) is 13.0 Å². The van der Waals surface area contributed by atoms with Crippen molar-refractivity contribution in [1.82, 2.24) is 0 Å². The van der Waals surface area contributed by atoms with E-state index in [4.69, 9.17) is 4.74 Å². The Kier molecular flexibility index (Phi) is 3.98. The summed E-state index contributed by atoms with van der Waals surface area (Å²) in [6, 6.07) is 0. The summed E-state index contributed by atoms with van der Waals surface area (Å²) >= 11 is 0. The van der Waals surface area contributed by atoms with Crippen molar-refractivity contribution < 1.29 is 4.74 Å². The highest BCUT2D eigenvalue weighted by Crippen LogP contribution is 2.50.